The molecule has 2 aliphatic heterocycles. The average molecular weight is 396 g/mol. The van der Waals surface area contributed by atoms with Gasteiger partial charge in [0.2, 0.25) is 0 Å². The van der Waals surface area contributed by atoms with Crippen molar-refractivity contribution in [2.45, 2.75) is 40.8 Å². The molecule has 1 amide bonds. The van der Waals surface area contributed by atoms with Gasteiger partial charge in [0, 0.05) is 57.7 Å². The summed E-state index contributed by atoms with van der Waals surface area (Å²) in [6.45, 7) is 15.9. The summed E-state index contributed by atoms with van der Waals surface area (Å²) < 4.78 is 2.16. The molecule has 2 aliphatic rings. The van der Waals surface area contributed by atoms with Crippen LogP contribution in [-0.4, -0.2) is 64.5 Å². The maximum atomic E-state index is 13.1. The third-order valence-electron chi connectivity index (χ3n) is 6.21. The number of aryl methyl sites for hydroxylation is 1. The first-order valence-corrected chi connectivity index (χ1v) is 10.8. The predicted octanol–water partition coefficient (Wildman–Crippen LogP) is 2.93. The van der Waals surface area contributed by atoms with Crippen molar-refractivity contribution in [2.24, 2.45) is 5.92 Å². The molecule has 0 aliphatic carbocycles. The molecule has 0 spiro atoms. The number of nitrogens with zero attached hydrogens (tertiary/aromatic N) is 5. The van der Waals surface area contributed by atoms with Gasteiger partial charge in [-0.15, -0.1) is 0 Å². The summed E-state index contributed by atoms with van der Waals surface area (Å²) >= 11 is 0. The van der Waals surface area contributed by atoms with E-state index in [1.807, 2.05) is 11.1 Å². The Bertz CT molecular complexity index is 879. The van der Waals surface area contributed by atoms with Gasteiger partial charge < -0.3 is 14.4 Å². The van der Waals surface area contributed by atoms with Gasteiger partial charge in [-0.05, 0) is 37.0 Å². The van der Waals surface area contributed by atoms with Crippen molar-refractivity contribution in [3.63, 3.8) is 0 Å². The van der Waals surface area contributed by atoms with Crippen molar-refractivity contribution in [3.8, 4) is 0 Å². The van der Waals surface area contributed by atoms with Crippen LogP contribution in [0.1, 0.15) is 41.3 Å². The molecule has 0 unspecified atom stereocenters. The van der Waals surface area contributed by atoms with E-state index in [-0.39, 0.29) is 5.91 Å². The first-order valence-electron chi connectivity index (χ1n) is 10.8. The molecule has 0 radical (unpaired) electrons. The van der Waals surface area contributed by atoms with Gasteiger partial charge >= 0.3 is 0 Å². The second-order valence-electron chi connectivity index (χ2n) is 8.86. The smallest absolute Gasteiger partial charge is 0.274 e. The highest BCUT2D eigenvalue weighted by molar-refractivity contribution is 5.92. The van der Waals surface area contributed by atoms with E-state index in [0.29, 0.717) is 11.6 Å². The lowest BCUT2D eigenvalue weighted by molar-refractivity contribution is 0.0741. The molecule has 1 aromatic carbocycles. The highest BCUT2D eigenvalue weighted by Gasteiger charge is 2.27. The summed E-state index contributed by atoms with van der Waals surface area (Å²) in [6.07, 6.45) is 1.96. The van der Waals surface area contributed by atoms with E-state index >= 15 is 0 Å². The molecule has 0 bridgehead atoms. The standard InChI is InChI=1S/C23H33N5O/c1-17(2)14-25-8-9-28-15-20(24-22(28)16-25)23(29)27-12-10-26(11-13-27)21-7-5-6-18(3)19(21)4/h5-7,15,17H,8-14,16H2,1-4H3. The number of amides is 1. The second-order valence-corrected chi connectivity index (χ2v) is 8.86. The number of rotatable bonds is 4. The maximum absolute atomic E-state index is 13.1. The summed E-state index contributed by atoms with van der Waals surface area (Å²) in [6, 6.07) is 6.46. The van der Waals surface area contributed by atoms with Crippen LogP contribution in [-0.2, 0) is 13.1 Å². The van der Waals surface area contributed by atoms with Gasteiger partial charge in [-0.1, -0.05) is 26.0 Å². The van der Waals surface area contributed by atoms with E-state index < -0.39 is 0 Å². The number of piperazine rings is 1. The van der Waals surface area contributed by atoms with Gasteiger partial charge in [-0.2, -0.15) is 0 Å². The normalized spacial score (nSPS) is 17.7. The molecule has 1 saturated heterocycles. The zero-order valence-electron chi connectivity index (χ0n) is 18.2. The van der Waals surface area contributed by atoms with Crippen LogP contribution in [0.3, 0.4) is 0 Å². The van der Waals surface area contributed by atoms with Gasteiger partial charge in [0.15, 0.2) is 0 Å². The molecule has 0 saturated carbocycles. The number of carbonyl (C=O) groups is 1. The number of benzene rings is 1. The van der Waals surface area contributed by atoms with Crippen molar-refractivity contribution in [1.82, 2.24) is 19.4 Å². The minimum atomic E-state index is 0.0722. The molecule has 0 atom stereocenters. The minimum Gasteiger partial charge on any atom is -0.368 e. The van der Waals surface area contributed by atoms with Crippen molar-refractivity contribution in [3.05, 3.63) is 47.0 Å². The van der Waals surface area contributed by atoms with Crippen LogP contribution in [0, 0.1) is 19.8 Å². The maximum Gasteiger partial charge on any atom is 0.274 e. The van der Waals surface area contributed by atoms with Gasteiger partial charge in [-0.3, -0.25) is 9.69 Å². The fourth-order valence-corrected chi connectivity index (χ4v) is 4.47. The molecule has 0 N–H and O–H groups in total. The molecule has 1 aromatic heterocycles. The number of hydrogen-bond donors (Lipinski definition) is 0. The lowest BCUT2D eigenvalue weighted by Crippen LogP contribution is -2.49. The molecule has 2 aromatic rings. The van der Waals surface area contributed by atoms with Crippen LogP contribution >= 0.6 is 0 Å². The SMILES string of the molecule is Cc1cccc(N2CCN(C(=O)c3cn4c(n3)CN(CC(C)C)CC4)CC2)c1C. The molecule has 6 heteroatoms. The summed E-state index contributed by atoms with van der Waals surface area (Å²) in [5.41, 5.74) is 4.54. The Labute approximate surface area is 174 Å². The van der Waals surface area contributed by atoms with E-state index in [0.717, 1.165) is 58.2 Å². The zero-order valence-corrected chi connectivity index (χ0v) is 18.2. The molecule has 3 heterocycles. The second kappa shape index (κ2) is 8.19. The van der Waals surface area contributed by atoms with Crippen molar-refractivity contribution < 1.29 is 4.79 Å². The van der Waals surface area contributed by atoms with Crippen LogP contribution in [0.4, 0.5) is 5.69 Å². The quantitative estimate of drug-likeness (QED) is 0.799. The molecular formula is C23H33N5O. The van der Waals surface area contributed by atoms with Gasteiger partial charge in [-0.25, -0.2) is 4.98 Å². The predicted molar refractivity (Wildman–Crippen MR) is 116 cm³/mol. The Hall–Kier alpha value is -2.34. The third kappa shape index (κ3) is 4.17. The topological polar surface area (TPSA) is 44.6 Å². The Balaban J connectivity index is 1.39. The van der Waals surface area contributed by atoms with Crippen LogP contribution in [0.25, 0.3) is 0 Å². The molecule has 1 fully saturated rings. The Morgan fingerprint density at radius 3 is 2.55 bits per heavy atom. The fourth-order valence-electron chi connectivity index (χ4n) is 4.47. The summed E-state index contributed by atoms with van der Waals surface area (Å²) in [5.74, 6) is 1.74. The van der Waals surface area contributed by atoms with E-state index in [1.165, 1.54) is 16.8 Å². The number of imidazole rings is 1. The fraction of sp³-hybridized carbons (Fsp3) is 0.565. The monoisotopic (exact) mass is 395 g/mol. The van der Waals surface area contributed by atoms with Gasteiger partial charge in [0.05, 0.1) is 6.54 Å². The number of hydrogen-bond acceptors (Lipinski definition) is 4. The minimum absolute atomic E-state index is 0.0722. The van der Waals surface area contributed by atoms with Crippen molar-refractivity contribution in [2.75, 3.05) is 44.2 Å². The molecule has 29 heavy (non-hydrogen) atoms. The summed E-state index contributed by atoms with van der Waals surface area (Å²) in [5, 5.41) is 0. The van der Waals surface area contributed by atoms with Crippen molar-refractivity contribution in [1.29, 1.82) is 0 Å². The van der Waals surface area contributed by atoms with E-state index in [4.69, 9.17) is 4.98 Å². The molecule has 4 rings (SSSR count). The Morgan fingerprint density at radius 1 is 1.07 bits per heavy atom. The van der Waals surface area contributed by atoms with Gasteiger partial charge in [0.1, 0.15) is 11.5 Å². The molecule has 156 valence electrons. The summed E-state index contributed by atoms with van der Waals surface area (Å²) in [7, 11) is 0. The Morgan fingerprint density at radius 2 is 1.83 bits per heavy atom. The van der Waals surface area contributed by atoms with E-state index in [2.05, 4.69) is 60.3 Å². The number of aromatic nitrogens is 2. The van der Waals surface area contributed by atoms with Crippen LogP contribution in [0.15, 0.2) is 24.4 Å². The van der Waals surface area contributed by atoms with Gasteiger partial charge in [0.25, 0.3) is 5.91 Å². The third-order valence-corrected chi connectivity index (χ3v) is 6.21. The Kier molecular flexibility index (Phi) is 5.63. The van der Waals surface area contributed by atoms with Crippen LogP contribution in [0.5, 0.6) is 0 Å². The highest BCUT2D eigenvalue weighted by atomic mass is 16.2. The van der Waals surface area contributed by atoms with Crippen molar-refractivity contribution >= 4 is 11.6 Å². The first kappa shape index (κ1) is 20.0. The lowest BCUT2D eigenvalue weighted by atomic mass is 10.1. The number of anilines is 1. The number of carbonyl (C=O) groups excluding carboxylic acids is 1. The van der Waals surface area contributed by atoms with E-state index in [1.54, 1.807) is 0 Å². The van der Waals surface area contributed by atoms with Crippen LogP contribution in [0.2, 0.25) is 0 Å². The number of fused-ring (bicyclic) bond motifs is 1. The zero-order chi connectivity index (χ0) is 20.5. The summed E-state index contributed by atoms with van der Waals surface area (Å²) in [4.78, 5) is 24.6. The lowest BCUT2D eigenvalue weighted by Gasteiger charge is -2.36. The molecule has 6 nitrogen and oxygen atoms in total. The van der Waals surface area contributed by atoms with E-state index in [9.17, 15) is 4.79 Å². The molecular weight excluding hydrogens is 362 g/mol. The largest absolute Gasteiger partial charge is 0.368 e. The van der Waals surface area contributed by atoms with Crippen LogP contribution < -0.4 is 4.90 Å². The first-order chi connectivity index (χ1) is 13.9. The average Bonchev–Trinajstić information content (AvgIpc) is 3.12. The highest BCUT2D eigenvalue weighted by Crippen LogP contribution is 2.24.